The third-order valence-corrected chi connectivity index (χ3v) is 4.24. The van der Waals surface area contributed by atoms with Crippen LogP contribution >= 0.6 is 0 Å². The van der Waals surface area contributed by atoms with E-state index < -0.39 is 11.9 Å². The Labute approximate surface area is 161 Å². The molecule has 0 radical (unpaired) electrons. The quantitative estimate of drug-likeness (QED) is 0.704. The van der Waals surface area contributed by atoms with E-state index in [1.54, 1.807) is 17.7 Å². The lowest BCUT2D eigenvalue weighted by Gasteiger charge is -2.13. The summed E-state index contributed by atoms with van der Waals surface area (Å²) in [5.74, 6) is -1.02. The second kappa shape index (κ2) is 7.45. The molecular weight excluding hydrogens is 358 g/mol. The molecule has 0 atom stereocenters. The lowest BCUT2D eigenvalue weighted by molar-refractivity contribution is 0.0698. The van der Waals surface area contributed by atoms with E-state index in [-0.39, 0.29) is 22.9 Å². The van der Waals surface area contributed by atoms with Crippen molar-refractivity contribution in [1.29, 1.82) is 5.26 Å². The predicted octanol–water partition coefficient (Wildman–Crippen LogP) is 3.79. The highest BCUT2D eigenvalue weighted by atomic mass is 16.5. The van der Waals surface area contributed by atoms with Crippen molar-refractivity contribution >= 4 is 28.5 Å². The summed E-state index contributed by atoms with van der Waals surface area (Å²) >= 11 is 0. The lowest BCUT2D eigenvalue weighted by atomic mass is 10.1. The molecule has 0 saturated carbocycles. The molecule has 142 valence electrons. The number of rotatable bonds is 5. The Morgan fingerprint density at radius 3 is 2.61 bits per heavy atom. The van der Waals surface area contributed by atoms with Crippen LogP contribution in [-0.2, 0) is 7.05 Å². The van der Waals surface area contributed by atoms with E-state index in [1.807, 2.05) is 38.1 Å². The van der Waals surface area contributed by atoms with E-state index in [0.29, 0.717) is 11.4 Å². The van der Waals surface area contributed by atoms with E-state index in [4.69, 9.17) is 10.00 Å². The number of carbonyl (C=O) groups is 2. The number of anilines is 1. The van der Waals surface area contributed by atoms with Gasteiger partial charge in [0.05, 0.1) is 34.5 Å². The van der Waals surface area contributed by atoms with Crippen LogP contribution in [-0.4, -0.2) is 27.7 Å². The molecule has 2 N–H and O–H groups in total. The van der Waals surface area contributed by atoms with Gasteiger partial charge in [0.15, 0.2) is 0 Å². The number of aromatic carboxylic acids is 1. The maximum Gasteiger partial charge on any atom is 0.337 e. The average Bonchev–Trinajstić information content (AvgIpc) is 2.99. The minimum Gasteiger partial charge on any atom is -0.489 e. The van der Waals surface area contributed by atoms with E-state index in [0.717, 1.165) is 10.9 Å². The molecule has 0 spiro atoms. The summed E-state index contributed by atoms with van der Waals surface area (Å²) in [6.07, 6.45) is -0.0189. The van der Waals surface area contributed by atoms with Gasteiger partial charge in [0.25, 0.3) is 5.91 Å². The molecular formula is C21H19N3O4. The van der Waals surface area contributed by atoms with Crippen molar-refractivity contribution in [2.75, 3.05) is 5.32 Å². The van der Waals surface area contributed by atoms with Gasteiger partial charge in [-0.2, -0.15) is 5.26 Å². The summed E-state index contributed by atoms with van der Waals surface area (Å²) in [4.78, 5) is 24.3. The molecule has 7 heteroatoms. The van der Waals surface area contributed by atoms with E-state index in [1.165, 1.54) is 18.2 Å². The maximum atomic E-state index is 12.8. The minimum absolute atomic E-state index is 0.0189. The SMILES string of the molecule is CC(C)Oc1cccc2cc(C(=O)Nc3ccc(C#N)cc3C(=O)O)n(C)c12. The molecule has 28 heavy (non-hydrogen) atoms. The van der Waals surface area contributed by atoms with Gasteiger partial charge in [-0.3, -0.25) is 4.79 Å². The Hall–Kier alpha value is -3.79. The number of nitrogens with one attached hydrogen (secondary N) is 1. The van der Waals surface area contributed by atoms with Gasteiger partial charge in [-0.1, -0.05) is 12.1 Å². The predicted molar refractivity (Wildman–Crippen MR) is 105 cm³/mol. The highest BCUT2D eigenvalue weighted by Gasteiger charge is 2.19. The number of ether oxygens (including phenoxy) is 1. The second-order valence-corrected chi connectivity index (χ2v) is 6.58. The highest BCUT2D eigenvalue weighted by molar-refractivity contribution is 6.09. The Bertz CT molecular complexity index is 1120. The van der Waals surface area contributed by atoms with Crippen molar-refractivity contribution in [3.8, 4) is 11.8 Å². The van der Waals surface area contributed by atoms with Crippen molar-refractivity contribution < 1.29 is 19.4 Å². The van der Waals surface area contributed by atoms with Crippen LogP contribution in [0.2, 0.25) is 0 Å². The fourth-order valence-corrected chi connectivity index (χ4v) is 3.03. The molecule has 0 aliphatic rings. The Balaban J connectivity index is 2.00. The molecule has 0 aliphatic heterocycles. The topological polar surface area (TPSA) is 104 Å². The number of para-hydroxylation sites is 1. The Kier molecular flexibility index (Phi) is 5.05. The molecule has 0 aliphatic carbocycles. The van der Waals surface area contributed by atoms with Crippen molar-refractivity contribution in [1.82, 2.24) is 4.57 Å². The normalized spacial score (nSPS) is 10.7. The monoisotopic (exact) mass is 377 g/mol. The number of carboxylic acids is 1. The average molecular weight is 377 g/mol. The van der Waals surface area contributed by atoms with Crippen LogP contribution in [0.1, 0.15) is 40.3 Å². The van der Waals surface area contributed by atoms with Gasteiger partial charge >= 0.3 is 5.97 Å². The fourth-order valence-electron chi connectivity index (χ4n) is 3.03. The van der Waals surface area contributed by atoms with Crippen LogP contribution in [0.15, 0.2) is 42.5 Å². The first-order chi connectivity index (χ1) is 13.3. The first-order valence-electron chi connectivity index (χ1n) is 8.65. The summed E-state index contributed by atoms with van der Waals surface area (Å²) in [5.41, 5.74) is 1.32. The third kappa shape index (κ3) is 3.53. The molecule has 3 rings (SSSR count). The Morgan fingerprint density at radius 1 is 1.21 bits per heavy atom. The number of hydrogen-bond acceptors (Lipinski definition) is 4. The molecule has 0 saturated heterocycles. The van der Waals surface area contributed by atoms with E-state index >= 15 is 0 Å². The molecule has 2 aromatic carbocycles. The zero-order valence-corrected chi connectivity index (χ0v) is 15.7. The molecule has 0 bridgehead atoms. The largest absolute Gasteiger partial charge is 0.489 e. The standard InChI is InChI=1S/C21H19N3O4/c1-12(2)28-18-6-4-5-14-10-17(24(3)19(14)18)20(25)23-16-8-7-13(11-22)9-15(16)21(26)27/h4-10,12H,1-3H3,(H,23,25)(H,26,27). The maximum absolute atomic E-state index is 12.8. The van der Waals surface area contributed by atoms with Crippen LogP contribution in [0.4, 0.5) is 5.69 Å². The minimum atomic E-state index is -1.22. The number of nitriles is 1. The van der Waals surface area contributed by atoms with Gasteiger partial charge in [0.2, 0.25) is 0 Å². The number of nitrogens with zero attached hydrogens (tertiary/aromatic N) is 2. The Morgan fingerprint density at radius 2 is 1.96 bits per heavy atom. The summed E-state index contributed by atoms with van der Waals surface area (Å²) in [6.45, 7) is 3.85. The molecule has 0 unspecified atom stereocenters. The van der Waals surface area contributed by atoms with Gasteiger partial charge in [-0.25, -0.2) is 4.79 Å². The smallest absolute Gasteiger partial charge is 0.337 e. The van der Waals surface area contributed by atoms with Crippen molar-refractivity contribution in [2.24, 2.45) is 7.05 Å². The number of benzene rings is 2. The van der Waals surface area contributed by atoms with Crippen molar-refractivity contribution in [3.63, 3.8) is 0 Å². The lowest BCUT2D eigenvalue weighted by Crippen LogP contribution is -2.18. The molecule has 1 amide bonds. The first kappa shape index (κ1) is 19.0. The van der Waals surface area contributed by atoms with Gasteiger partial charge in [-0.15, -0.1) is 0 Å². The molecule has 1 heterocycles. The fraction of sp³-hybridized carbons (Fsp3) is 0.190. The highest BCUT2D eigenvalue weighted by Crippen LogP contribution is 2.29. The van der Waals surface area contributed by atoms with Crippen molar-refractivity contribution in [2.45, 2.75) is 20.0 Å². The zero-order valence-electron chi connectivity index (χ0n) is 15.7. The number of carboxylic acid groups (broad SMARTS) is 1. The number of aryl methyl sites for hydroxylation is 1. The zero-order chi connectivity index (χ0) is 20.4. The van der Waals surface area contributed by atoms with Gasteiger partial charge < -0.3 is 19.7 Å². The number of aromatic nitrogens is 1. The van der Waals surface area contributed by atoms with Gasteiger partial charge in [0.1, 0.15) is 11.4 Å². The summed E-state index contributed by atoms with van der Waals surface area (Å²) in [7, 11) is 1.75. The van der Waals surface area contributed by atoms with Crippen LogP contribution in [0.3, 0.4) is 0 Å². The van der Waals surface area contributed by atoms with Crippen LogP contribution in [0.5, 0.6) is 5.75 Å². The second-order valence-electron chi connectivity index (χ2n) is 6.58. The summed E-state index contributed by atoms with van der Waals surface area (Å²) < 4.78 is 7.55. The first-order valence-corrected chi connectivity index (χ1v) is 8.65. The number of hydrogen-bond donors (Lipinski definition) is 2. The molecule has 0 fully saturated rings. The molecule has 7 nitrogen and oxygen atoms in total. The van der Waals surface area contributed by atoms with Gasteiger partial charge in [0, 0.05) is 12.4 Å². The molecule has 1 aromatic heterocycles. The summed E-state index contributed by atoms with van der Waals surface area (Å²) in [6, 6.07) is 13.3. The number of fused-ring (bicyclic) bond motifs is 1. The van der Waals surface area contributed by atoms with Crippen LogP contribution < -0.4 is 10.1 Å². The number of carbonyl (C=O) groups excluding carboxylic acids is 1. The molecule has 3 aromatic rings. The van der Waals surface area contributed by atoms with Crippen LogP contribution in [0.25, 0.3) is 10.9 Å². The van der Waals surface area contributed by atoms with Crippen LogP contribution in [0, 0.1) is 11.3 Å². The third-order valence-electron chi connectivity index (χ3n) is 4.24. The van der Waals surface area contributed by atoms with E-state index in [9.17, 15) is 14.7 Å². The van der Waals surface area contributed by atoms with Crippen molar-refractivity contribution in [3.05, 3.63) is 59.3 Å². The van der Waals surface area contributed by atoms with Gasteiger partial charge in [-0.05, 0) is 44.2 Å². The summed E-state index contributed by atoms with van der Waals surface area (Å²) in [5, 5.41) is 21.8. The number of amides is 1. The van der Waals surface area contributed by atoms with E-state index in [2.05, 4.69) is 5.32 Å².